The van der Waals surface area contributed by atoms with E-state index >= 15 is 0 Å². The maximum Gasteiger partial charge on any atom is 0.472 e. The van der Waals surface area contributed by atoms with Crippen LogP contribution >= 0.6 is 15.6 Å². The Bertz CT molecular complexity index is 1610. The molecule has 6 atom stereocenters. The zero-order valence-corrected chi connectivity index (χ0v) is 53.5. The normalized spacial score (nSPS) is 14.9. The smallest absolute Gasteiger partial charge is 0.462 e. The van der Waals surface area contributed by atoms with E-state index < -0.39 is 97.5 Å². The van der Waals surface area contributed by atoms with Gasteiger partial charge in [0.15, 0.2) is 12.2 Å². The van der Waals surface area contributed by atoms with Gasteiger partial charge in [0.05, 0.1) is 26.4 Å². The SMILES string of the molecule is CCC(C)CCCCCCCCCCC(=O)OC[C@H](COP(=O)(O)OC[C@@H](O)COP(=O)(O)OC[C@@H](COC(=O)CCCCCCCCC(C)C)OC(=O)CCCCCCCCC(C)C)OC(=O)CCCCCCCCCC(C)C. The summed E-state index contributed by atoms with van der Waals surface area (Å²) >= 11 is 0. The van der Waals surface area contributed by atoms with Crippen LogP contribution in [-0.4, -0.2) is 96.7 Å². The van der Waals surface area contributed by atoms with Gasteiger partial charge < -0.3 is 33.8 Å². The largest absolute Gasteiger partial charge is 0.472 e. The molecule has 0 saturated heterocycles. The molecule has 0 bridgehead atoms. The summed E-state index contributed by atoms with van der Waals surface area (Å²) < 4.78 is 67.8. The number of aliphatic hydroxyl groups is 1. The maximum atomic E-state index is 12.9. The van der Waals surface area contributed by atoms with E-state index in [0.717, 1.165) is 102 Å². The van der Waals surface area contributed by atoms with Crippen molar-refractivity contribution >= 4 is 39.5 Å². The van der Waals surface area contributed by atoms with E-state index in [1.165, 1.54) is 83.5 Å². The van der Waals surface area contributed by atoms with E-state index in [-0.39, 0.29) is 25.7 Å². The fourth-order valence-electron chi connectivity index (χ4n) is 8.87. The van der Waals surface area contributed by atoms with Gasteiger partial charge in [-0.25, -0.2) is 9.13 Å². The summed E-state index contributed by atoms with van der Waals surface area (Å²) in [5.41, 5.74) is 0. The van der Waals surface area contributed by atoms with Crippen molar-refractivity contribution in [2.75, 3.05) is 39.6 Å². The van der Waals surface area contributed by atoms with Crippen LogP contribution in [0.15, 0.2) is 0 Å². The van der Waals surface area contributed by atoms with Crippen molar-refractivity contribution in [3.8, 4) is 0 Å². The Morgan fingerprint density at radius 1 is 0.350 bits per heavy atom. The quantitative estimate of drug-likeness (QED) is 0.0222. The minimum absolute atomic E-state index is 0.100. The van der Waals surface area contributed by atoms with Crippen LogP contribution in [0.1, 0.15) is 287 Å². The van der Waals surface area contributed by atoms with Gasteiger partial charge in [0.25, 0.3) is 0 Å². The van der Waals surface area contributed by atoms with E-state index in [1.807, 2.05) is 0 Å². The second-order valence-corrected chi connectivity index (χ2v) is 26.7. The fourth-order valence-corrected chi connectivity index (χ4v) is 10.4. The molecule has 0 aromatic carbocycles. The van der Waals surface area contributed by atoms with Gasteiger partial charge >= 0.3 is 39.5 Å². The molecule has 80 heavy (non-hydrogen) atoms. The standard InChI is InChI=1S/C61H118O17P2/c1-9-54(8)40-32-24-14-10-11-15-25-33-41-58(63)71-47-56(77-60(65)43-35-27-16-12-13-21-29-37-51(2)3)49-75-79(67,68)73-45-55(62)46-74-80(69,70)76-50-57(78-61(66)44-36-28-20-18-23-31-39-53(6)7)48-72-59(64)42-34-26-19-17-22-30-38-52(4)5/h51-57,62H,9-50H2,1-8H3,(H,67,68)(H,69,70)/t54?,55-,56-,57-/m1/s1. The number of rotatable bonds is 58. The molecule has 0 rings (SSSR count). The maximum absolute atomic E-state index is 12.9. The summed E-state index contributed by atoms with van der Waals surface area (Å²) in [6.07, 6.45) is 29.7. The Hall–Kier alpha value is -1.94. The zero-order chi connectivity index (χ0) is 59.7. The molecule has 0 aliphatic heterocycles. The van der Waals surface area contributed by atoms with Gasteiger partial charge in [0, 0.05) is 25.7 Å². The highest BCUT2D eigenvalue weighted by Gasteiger charge is 2.30. The molecule has 0 aliphatic rings. The molecular formula is C61H118O17P2. The summed E-state index contributed by atoms with van der Waals surface area (Å²) in [4.78, 5) is 72.0. The molecular weight excluding hydrogens is 1070 g/mol. The molecule has 0 aromatic rings. The Balaban J connectivity index is 5.24. The first-order valence-corrected chi connectivity index (χ1v) is 34.7. The summed E-state index contributed by atoms with van der Waals surface area (Å²) in [7, 11) is -9.88. The van der Waals surface area contributed by atoms with Crippen LogP contribution in [0.25, 0.3) is 0 Å². The number of carbonyl (C=O) groups is 4. The highest BCUT2D eigenvalue weighted by atomic mass is 31.2. The molecule has 0 spiro atoms. The van der Waals surface area contributed by atoms with Crippen molar-refractivity contribution in [3.05, 3.63) is 0 Å². The Morgan fingerprint density at radius 3 is 0.887 bits per heavy atom. The lowest BCUT2D eigenvalue weighted by molar-refractivity contribution is -0.161. The summed E-state index contributed by atoms with van der Waals surface area (Å²) in [6.45, 7) is 13.8. The highest BCUT2D eigenvalue weighted by molar-refractivity contribution is 7.47. The zero-order valence-electron chi connectivity index (χ0n) is 51.7. The molecule has 0 amide bonds. The Kier molecular flexibility index (Phi) is 50.2. The number of ether oxygens (including phenoxy) is 4. The Morgan fingerprint density at radius 2 is 0.600 bits per heavy atom. The number of hydrogen-bond donors (Lipinski definition) is 3. The van der Waals surface area contributed by atoms with E-state index in [0.29, 0.717) is 43.4 Å². The molecule has 17 nitrogen and oxygen atoms in total. The number of phosphoric acid groups is 2. The molecule has 3 N–H and O–H groups in total. The first-order valence-electron chi connectivity index (χ1n) is 31.7. The van der Waals surface area contributed by atoms with Gasteiger partial charge in [0.1, 0.15) is 19.3 Å². The molecule has 0 saturated carbocycles. The summed E-state index contributed by atoms with van der Waals surface area (Å²) in [6, 6.07) is 0. The van der Waals surface area contributed by atoms with Gasteiger partial charge in [-0.2, -0.15) is 0 Å². The third-order valence-corrected chi connectivity index (χ3v) is 16.1. The summed E-state index contributed by atoms with van der Waals surface area (Å²) in [5, 5.41) is 10.5. The molecule has 0 radical (unpaired) electrons. The lowest BCUT2D eigenvalue weighted by atomic mass is 9.99. The van der Waals surface area contributed by atoms with Crippen molar-refractivity contribution in [2.45, 2.75) is 305 Å². The predicted octanol–water partition coefficient (Wildman–Crippen LogP) is 16.2. The summed E-state index contributed by atoms with van der Waals surface area (Å²) in [5.74, 6) is 0.672. The van der Waals surface area contributed by atoms with Crippen LogP contribution in [-0.2, 0) is 65.4 Å². The van der Waals surface area contributed by atoms with Gasteiger partial charge in [0.2, 0.25) is 0 Å². The van der Waals surface area contributed by atoms with Gasteiger partial charge in [-0.05, 0) is 49.4 Å². The molecule has 19 heteroatoms. The second-order valence-electron chi connectivity index (χ2n) is 23.8. The number of aliphatic hydroxyl groups excluding tert-OH is 1. The predicted molar refractivity (Wildman–Crippen MR) is 317 cm³/mol. The molecule has 0 fully saturated rings. The van der Waals surface area contributed by atoms with Crippen LogP contribution in [0.3, 0.4) is 0 Å². The number of carbonyl (C=O) groups excluding carboxylic acids is 4. The molecule has 3 unspecified atom stereocenters. The molecule has 0 aliphatic carbocycles. The first-order chi connectivity index (χ1) is 38.1. The molecule has 474 valence electrons. The van der Waals surface area contributed by atoms with Crippen LogP contribution in [0, 0.1) is 23.7 Å². The van der Waals surface area contributed by atoms with Crippen molar-refractivity contribution in [1.82, 2.24) is 0 Å². The van der Waals surface area contributed by atoms with Crippen molar-refractivity contribution < 1.29 is 80.2 Å². The van der Waals surface area contributed by atoms with E-state index in [4.69, 9.17) is 37.0 Å². The van der Waals surface area contributed by atoms with Gasteiger partial charge in [-0.15, -0.1) is 0 Å². The van der Waals surface area contributed by atoms with E-state index in [2.05, 4.69) is 55.4 Å². The van der Waals surface area contributed by atoms with Crippen LogP contribution in [0.4, 0.5) is 0 Å². The second kappa shape index (κ2) is 51.5. The lowest BCUT2D eigenvalue weighted by Crippen LogP contribution is -2.30. The first kappa shape index (κ1) is 78.1. The van der Waals surface area contributed by atoms with Crippen molar-refractivity contribution in [3.63, 3.8) is 0 Å². The van der Waals surface area contributed by atoms with Crippen LogP contribution < -0.4 is 0 Å². The lowest BCUT2D eigenvalue weighted by Gasteiger charge is -2.21. The van der Waals surface area contributed by atoms with Crippen molar-refractivity contribution in [1.29, 1.82) is 0 Å². The van der Waals surface area contributed by atoms with E-state index in [9.17, 15) is 43.2 Å². The van der Waals surface area contributed by atoms with Crippen LogP contribution in [0.5, 0.6) is 0 Å². The van der Waals surface area contributed by atoms with Crippen molar-refractivity contribution in [2.24, 2.45) is 23.7 Å². The fraction of sp³-hybridized carbons (Fsp3) is 0.934. The third-order valence-electron chi connectivity index (χ3n) is 14.2. The Labute approximate surface area is 486 Å². The topological polar surface area (TPSA) is 237 Å². The molecule has 0 heterocycles. The third kappa shape index (κ3) is 54.0. The minimum atomic E-state index is -4.94. The van der Waals surface area contributed by atoms with E-state index in [1.54, 1.807) is 0 Å². The highest BCUT2D eigenvalue weighted by Crippen LogP contribution is 2.45. The van der Waals surface area contributed by atoms with Gasteiger partial charge in [-0.3, -0.25) is 37.3 Å². The molecule has 0 aromatic heterocycles. The van der Waals surface area contributed by atoms with Gasteiger partial charge in [-0.1, -0.05) is 235 Å². The number of phosphoric ester groups is 2. The number of hydrogen-bond acceptors (Lipinski definition) is 15. The average molecular weight is 1190 g/mol. The average Bonchev–Trinajstić information content (AvgIpc) is 3.40. The van der Waals surface area contributed by atoms with Crippen LogP contribution in [0.2, 0.25) is 0 Å². The minimum Gasteiger partial charge on any atom is -0.462 e. The number of esters is 4. The number of unbranched alkanes of at least 4 members (excludes halogenated alkanes) is 23. The monoisotopic (exact) mass is 1180 g/mol.